The van der Waals surface area contributed by atoms with Gasteiger partial charge in [0.1, 0.15) is 0 Å². The quantitative estimate of drug-likeness (QED) is 0.806. The van der Waals surface area contributed by atoms with Gasteiger partial charge < -0.3 is 10.1 Å². The van der Waals surface area contributed by atoms with Crippen LogP contribution in [0.15, 0.2) is 18.3 Å². The molecule has 1 heterocycles. The van der Waals surface area contributed by atoms with Crippen molar-refractivity contribution in [2.75, 3.05) is 6.54 Å². The minimum Gasteiger partial charge on any atom is -0.474 e. The summed E-state index contributed by atoms with van der Waals surface area (Å²) in [6, 6.07) is 4.05. The van der Waals surface area contributed by atoms with Gasteiger partial charge in [-0.2, -0.15) is 0 Å². The van der Waals surface area contributed by atoms with Crippen LogP contribution in [0.3, 0.4) is 0 Å². The van der Waals surface area contributed by atoms with Crippen LogP contribution in [0.4, 0.5) is 0 Å². The van der Waals surface area contributed by atoms with Gasteiger partial charge in [0.2, 0.25) is 5.88 Å². The maximum Gasteiger partial charge on any atom is 0.213 e. The molecular formula is C15H26N2O. The van der Waals surface area contributed by atoms with E-state index in [0.29, 0.717) is 11.8 Å². The van der Waals surface area contributed by atoms with Crippen LogP contribution in [-0.2, 0) is 6.54 Å². The van der Waals surface area contributed by atoms with E-state index in [0.717, 1.165) is 19.0 Å². The minimum absolute atomic E-state index is 0.191. The molecule has 0 aliphatic rings. The summed E-state index contributed by atoms with van der Waals surface area (Å²) >= 11 is 0. The van der Waals surface area contributed by atoms with Gasteiger partial charge in [-0.25, -0.2) is 4.98 Å². The second kappa shape index (κ2) is 7.37. The predicted molar refractivity (Wildman–Crippen MR) is 75.7 cm³/mol. The first-order valence-electron chi connectivity index (χ1n) is 6.81. The maximum absolute atomic E-state index is 5.80. The number of hydrogen-bond acceptors (Lipinski definition) is 3. The van der Waals surface area contributed by atoms with Gasteiger partial charge >= 0.3 is 0 Å². The van der Waals surface area contributed by atoms with Crippen LogP contribution in [-0.4, -0.2) is 17.6 Å². The second-order valence-corrected chi connectivity index (χ2v) is 5.59. The molecule has 0 aliphatic carbocycles. The van der Waals surface area contributed by atoms with Gasteiger partial charge in [0.25, 0.3) is 0 Å². The fourth-order valence-electron chi connectivity index (χ4n) is 1.46. The highest BCUT2D eigenvalue weighted by Gasteiger charge is 2.09. The number of aromatic nitrogens is 1. The molecule has 18 heavy (non-hydrogen) atoms. The SMILES string of the molecule is CC(C)CNCc1ccnc(OC(C)C(C)C)c1. The van der Waals surface area contributed by atoms with Crippen molar-refractivity contribution < 1.29 is 4.74 Å². The maximum atomic E-state index is 5.80. The molecule has 0 radical (unpaired) electrons. The molecule has 0 fully saturated rings. The lowest BCUT2D eigenvalue weighted by molar-refractivity contribution is 0.163. The fourth-order valence-corrected chi connectivity index (χ4v) is 1.46. The summed E-state index contributed by atoms with van der Waals surface area (Å²) in [5.41, 5.74) is 1.22. The average molecular weight is 250 g/mol. The van der Waals surface area contributed by atoms with Gasteiger partial charge in [0.05, 0.1) is 6.10 Å². The summed E-state index contributed by atoms with van der Waals surface area (Å²) in [5.74, 6) is 1.89. The van der Waals surface area contributed by atoms with Crippen molar-refractivity contribution >= 4 is 0 Å². The molecule has 3 nitrogen and oxygen atoms in total. The summed E-state index contributed by atoms with van der Waals surface area (Å²) in [6.07, 6.45) is 2.01. The highest BCUT2D eigenvalue weighted by molar-refractivity contribution is 5.20. The van der Waals surface area contributed by atoms with E-state index in [4.69, 9.17) is 4.74 Å². The number of nitrogens with one attached hydrogen (secondary N) is 1. The number of pyridine rings is 1. The first kappa shape index (κ1) is 15.0. The van der Waals surface area contributed by atoms with E-state index < -0.39 is 0 Å². The zero-order chi connectivity index (χ0) is 13.5. The number of ether oxygens (including phenoxy) is 1. The standard InChI is InChI=1S/C15H26N2O/c1-11(2)9-16-10-14-6-7-17-15(8-14)18-13(5)12(3)4/h6-8,11-13,16H,9-10H2,1-5H3. The molecule has 0 amide bonds. The van der Waals surface area contributed by atoms with E-state index in [1.54, 1.807) is 0 Å². The lowest BCUT2D eigenvalue weighted by Gasteiger charge is -2.17. The first-order chi connectivity index (χ1) is 8.49. The highest BCUT2D eigenvalue weighted by atomic mass is 16.5. The first-order valence-corrected chi connectivity index (χ1v) is 6.81. The summed E-state index contributed by atoms with van der Waals surface area (Å²) in [4.78, 5) is 4.25. The monoisotopic (exact) mass is 250 g/mol. The molecule has 1 N–H and O–H groups in total. The van der Waals surface area contributed by atoms with Crippen LogP contribution < -0.4 is 10.1 Å². The van der Waals surface area contributed by atoms with Crippen molar-refractivity contribution in [2.45, 2.75) is 47.3 Å². The van der Waals surface area contributed by atoms with Crippen LogP contribution >= 0.6 is 0 Å². The van der Waals surface area contributed by atoms with Crippen LogP contribution in [0, 0.1) is 11.8 Å². The van der Waals surface area contributed by atoms with E-state index in [1.807, 2.05) is 18.3 Å². The summed E-state index contributed by atoms with van der Waals surface area (Å²) < 4.78 is 5.80. The van der Waals surface area contributed by atoms with Gasteiger partial charge in [-0.1, -0.05) is 27.7 Å². The average Bonchev–Trinajstić information content (AvgIpc) is 2.28. The molecule has 1 aromatic rings. The molecule has 1 aromatic heterocycles. The zero-order valence-electron chi connectivity index (χ0n) is 12.2. The Morgan fingerprint density at radius 2 is 1.94 bits per heavy atom. The van der Waals surface area contributed by atoms with Crippen molar-refractivity contribution in [3.05, 3.63) is 23.9 Å². The number of hydrogen-bond donors (Lipinski definition) is 1. The zero-order valence-corrected chi connectivity index (χ0v) is 12.2. The molecule has 0 spiro atoms. The summed E-state index contributed by atoms with van der Waals surface area (Å²) in [7, 11) is 0. The Morgan fingerprint density at radius 3 is 2.56 bits per heavy atom. The summed E-state index contributed by atoms with van der Waals surface area (Å²) in [6.45, 7) is 12.7. The van der Waals surface area contributed by atoms with E-state index in [2.05, 4.69) is 44.9 Å². The molecule has 1 unspecified atom stereocenters. The largest absolute Gasteiger partial charge is 0.474 e. The molecule has 0 saturated heterocycles. The molecule has 0 aromatic carbocycles. The topological polar surface area (TPSA) is 34.2 Å². The Bertz CT molecular complexity index is 350. The number of rotatable bonds is 7. The van der Waals surface area contributed by atoms with Gasteiger partial charge in [-0.15, -0.1) is 0 Å². The molecule has 1 atom stereocenters. The van der Waals surface area contributed by atoms with E-state index in [1.165, 1.54) is 5.56 Å². The van der Waals surface area contributed by atoms with Gasteiger partial charge in [0.15, 0.2) is 0 Å². The Balaban J connectivity index is 2.51. The Hall–Kier alpha value is -1.09. The van der Waals surface area contributed by atoms with Crippen LogP contribution in [0.5, 0.6) is 5.88 Å². The fraction of sp³-hybridized carbons (Fsp3) is 0.667. The summed E-state index contributed by atoms with van der Waals surface area (Å²) in [5, 5.41) is 3.42. The smallest absolute Gasteiger partial charge is 0.213 e. The molecule has 0 bridgehead atoms. The Kier molecular flexibility index (Phi) is 6.13. The molecule has 102 valence electrons. The van der Waals surface area contributed by atoms with E-state index in [9.17, 15) is 0 Å². The van der Waals surface area contributed by atoms with Crippen molar-refractivity contribution in [3.8, 4) is 5.88 Å². The third kappa shape index (κ3) is 5.50. The minimum atomic E-state index is 0.191. The second-order valence-electron chi connectivity index (χ2n) is 5.59. The van der Waals surface area contributed by atoms with Gasteiger partial charge in [0, 0.05) is 18.8 Å². The number of nitrogens with zero attached hydrogens (tertiary/aromatic N) is 1. The van der Waals surface area contributed by atoms with E-state index in [-0.39, 0.29) is 6.10 Å². The Labute approximate surface area is 111 Å². The van der Waals surface area contributed by atoms with Crippen LogP contribution in [0.2, 0.25) is 0 Å². The highest BCUT2D eigenvalue weighted by Crippen LogP contribution is 2.14. The van der Waals surface area contributed by atoms with Gasteiger partial charge in [-0.05, 0) is 36.9 Å². The van der Waals surface area contributed by atoms with Crippen molar-refractivity contribution in [2.24, 2.45) is 11.8 Å². The van der Waals surface area contributed by atoms with Crippen molar-refractivity contribution in [1.82, 2.24) is 10.3 Å². The van der Waals surface area contributed by atoms with Crippen molar-refractivity contribution in [3.63, 3.8) is 0 Å². The van der Waals surface area contributed by atoms with Crippen LogP contribution in [0.1, 0.15) is 40.2 Å². The molecule has 1 rings (SSSR count). The molecular weight excluding hydrogens is 224 g/mol. The van der Waals surface area contributed by atoms with E-state index >= 15 is 0 Å². The van der Waals surface area contributed by atoms with Gasteiger partial charge in [-0.3, -0.25) is 0 Å². The third-order valence-electron chi connectivity index (χ3n) is 2.93. The Morgan fingerprint density at radius 1 is 1.22 bits per heavy atom. The van der Waals surface area contributed by atoms with Crippen LogP contribution in [0.25, 0.3) is 0 Å². The lowest BCUT2D eigenvalue weighted by atomic mass is 10.1. The molecule has 3 heteroatoms. The van der Waals surface area contributed by atoms with Crippen molar-refractivity contribution in [1.29, 1.82) is 0 Å². The predicted octanol–water partition coefficient (Wildman–Crippen LogP) is 3.25. The molecule has 0 aliphatic heterocycles. The normalized spacial score (nSPS) is 13.1. The third-order valence-corrected chi connectivity index (χ3v) is 2.93. The molecule has 0 saturated carbocycles. The lowest BCUT2D eigenvalue weighted by Crippen LogP contribution is -2.20.